The zero-order valence-electron chi connectivity index (χ0n) is 14.4. The minimum Gasteiger partial charge on any atom is -0.337 e. The molecular weight excluding hydrogens is 360 g/mol. The highest BCUT2D eigenvalue weighted by Gasteiger charge is 2.32. The number of halogens is 1. The van der Waals surface area contributed by atoms with E-state index in [0.717, 1.165) is 5.69 Å². The third-order valence-corrected chi connectivity index (χ3v) is 5.22. The molecule has 1 aromatic heterocycles. The number of thioether (sulfide) groups is 1. The second kappa shape index (κ2) is 7.85. The molecule has 132 valence electrons. The van der Waals surface area contributed by atoms with Crippen LogP contribution in [-0.2, 0) is 4.79 Å². The van der Waals surface area contributed by atoms with Gasteiger partial charge >= 0.3 is 0 Å². The summed E-state index contributed by atoms with van der Waals surface area (Å²) >= 11 is 7.11. The molecule has 2 atom stereocenters. The summed E-state index contributed by atoms with van der Waals surface area (Å²) in [6.45, 7) is 7.24. The zero-order chi connectivity index (χ0) is 18.6. The number of rotatable bonds is 6. The van der Waals surface area contributed by atoms with Gasteiger partial charge in [-0.2, -0.15) is 9.94 Å². The van der Waals surface area contributed by atoms with Crippen LogP contribution < -0.4 is 5.32 Å². The van der Waals surface area contributed by atoms with Gasteiger partial charge in [-0.1, -0.05) is 37.2 Å². The molecule has 0 saturated carbocycles. The van der Waals surface area contributed by atoms with E-state index in [9.17, 15) is 10.1 Å². The van der Waals surface area contributed by atoms with Gasteiger partial charge in [-0.05, 0) is 54.5 Å². The van der Waals surface area contributed by atoms with E-state index in [2.05, 4.69) is 26.9 Å². The summed E-state index contributed by atoms with van der Waals surface area (Å²) in [6.07, 6.45) is 0. The Balaban J connectivity index is 2.13. The van der Waals surface area contributed by atoms with Crippen molar-refractivity contribution in [1.29, 1.82) is 5.26 Å². The second-order valence-corrected chi connectivity index (χ2v) is 7.81. The maximum absolute atomic E-state index is 12.5. The number of nitrogens with zero attached hydrogens (tertiary/aromatic N) is 5. The molecule has 9 heteroatoms. The fourth-order valence-electron chi connectivity index (χ4n) is 1.87. The smallest absolute Gasteiger partial charge is 0.234 e. The number of hydrogen-bond acceptors (Lipinski definition) is 6. The van der Waals surface area contributed by atoms with Crippen LogP contribution in [0, 0.1) is 17.2 Å². The van der Waals surface area contributed by atoms with Gasteiger partial charge in [-0.3, -0.25) is 4.79 Å². The van der Waals surface area contributed by atoms with Crippen molar-refractivity contribution in [2.45, 2.75) is 43.6 Å². The summed E-state index contributed by atoms with van der Waals surface area (Å²) in [4.78, 5) is 12.5. The minimum absolute atomic E-state index is 0.0157. The Labute approximate surface area is 155 Å². The van der Waals surface area contributed by atoms with Crippen molar-refractivity contribution in [3.63, 3.8) is 0 Å². The van der Waals surface area contributed by atoms with Crippen molar-refractivity contribution >= 4 is 29.3 Å². The lowest BCUT2D eigenvalue weighted by atomic mass is 9.90. The fraction of sp³-hybridized carbons (Fsp3) is 0.438. The molecule has 0 saturated heterocycles. The molecule has 0 aliphatic carbocycles. The van der Waals surface area contributed by atoms with E-state index >= 15 is 0 Å². The lowest BCUT2D eigenvalue weighted by Crippen LogP contribution is -2.51. The van der Waals surface area contributed by atoms with Crippen molar-refractivity contribution in [1.82, 2.24) is 25.5 Å². The van der Waals surface area contributed by atoms with Gasteiger partial charge in [0.15, 0.2) is 0 Å². The largest absolute Gasteiger partial charge is 0.337 e. The van der Waals surface area contributed by atoms with E-state index in [4.69, 9.17) is 11.6 Å². The first kappa shape index (κ1) is 19.2. The lowest BCUT2D eigenvalue weighted by molar-refractivity contribution is -0.121. The van der Waals surface area contributed by atoms with Crippen molar-refractivity contribution in [2.75, 3.05) is 0 Å². The van der Waals surface area contributed by atoms with Crippen LogP contribution in [0.4, 0.5) is 0 Å². The average molecular weight is 379 g/mol. The number of nitrogens with one attached hydrogen (secondary N) is 1. The minimum atomic E-state index is -0.923. The Kier molecular flexibility index (Phi) is 6.03. The van der Waals surface area contributed by atoms with Crippen molar-refractivity contribution in [2.24, 2.45) is 5.92 Å². The third kappa shape index (κ3) is 4.50. The Hall–Kier alpha value is -2.11. The first-order chi connectivity index (χ1) is 11.8. The molecule has 0 fully saturated rings. The second-order valence-electron chi connectivity index (χ2n) is 6.07. The number of tetrazole rings is 1. The molecule has 7 nitrogen and oxygen atoms in total. The highest BCUT2D eigenvalue weighted by Crippen LogP contribution is 2.25. The van der Waals surface area contributed by atoms with Gasteiger partial charge in [-0.25, -0.2) is 0 Å². The van der Waals surface area contributed by atoms with Gasteiger partial charge in [0.1, 0.15) is 5.54 Å². The average Bonchev–Trinajstić information content (AvgIpc) is 3.03. The standard InChI is InChI=1S/C16H19ClN6OS/c1-10(2)16(4,9-18)19-14(24)11(3)25-15-20-21-22-23(15)13-7-5-12(17)6-8-13/h5-8,10-11H,1-4H3,(H,19,24)/t11-,16+/m0/s1. The highest BCUT2D eigenvalue weighted by atomic mass is 35.5. The van der Waals surface area contributed by atoms with Crippen LogP contribution in [-0.4, -0.2) is 36.9 Å². The van der Waals surface area contributed by atoms with Crippen LogP contribution in [0.3, 0.4) is 0 Å². The molecule has 2 rings (SSSR count). The first-order valence-corrected chi connectivity index (χ1v) is 8.97. The summed E-state index contributed by atoms with van der Waals surface area (Å²) in [7, 11) is 0. The number of carbonyl (C=O) groups is 1. The molecule has 0 unspecified atom stereocenters. The molecule has 1 N–H and O–H groups in total. The van der Waals surface area contributed by atoms with Gasteiger partial charge in [0.05, 0.1) is 17.0 Å². The van der Waals surface area contributed by atoms with Crippen LogP contribution in [0.1, 0.15) is 27.7 Å². The van der Waals surface area contributed by atoms with E-state index in [0.29, 0.717) is 10.2 Å². The van der Waals surface area contributed by atoms with Gasteiger partial charge in [-0.15, -0.1) is 5.10 Å². The Bertz CT molecular complexity index is 785. The summed E-state index contributed by atoms with van der Waals surface area (Å²) < 4.78 is 1.54. The Morgan fingerprint density at radius 1 is 1.36 bits per heavy atom. The van der Waals surface area contributed by atoms with E-state index in [1.165, 1.54) is 16.4 Å². The topological polar surface area (TPSA) is 96.5 Å². The van der Waals surface area contributed by atoms with Gasteiger partial charge in [0, 0.05) is 5.02 Å². The number of amides is 1. The third-order valence-electron chi connectivity index (χ3n) is 3.93. The maximum Gasteiger partial charge on any atom is 0.234 e. The molecule has 1 aromatic carbocycles. The fourth-order valence-corrected chi connectivity index (χ4v) is 2.80. The van der Waals surface area contributed by atoms with E-state index in [1.54, 1.807) is 38.1 Å². The number of aromatic nitrogens is 4. The number of nitriles is 1. The van der Waals surface area contributed by atoms with Crippen molar-refractivity contribution in [3.8, 4) is 11.8 Å². The number of carbonyl (C=O) groups excluding carboxylic acids is 1. The van der Waals surface area contributed by atoms with Crippen molar-refractivity contribution < 1.29 is 4.79 Å². The van der Waals surface area contributed by atoms with E-state index < -0.39 is 10.8 Å². The number of hydrogen-bond donors (Lipinski definition) is 1. The van der Waals surface area contributed by atoms with Crippen LogP contribution in [0.2, 0.25) is 5.02 Å². The molecule has 0 bridgehead atoms. The quantitative estimate of drug-likeness (QED) is 0.776. The molecule has 1 amide bonds. The van der Waals surface area contributed by atoms with Crippen LogP contribution in [0.25, 0.3) is 5.69 Å². The zero-order valence-corrected chi connectivity index (χ0v) is 16.0. The molecule has 2 aromatic rings. The van der Waals surface area contributed by atoms with Gasteiger partial charge < -0.3 is 5.32 Å². The molecule has 0 aliphatic heterocycles. The Morgan fingerprint density at radius 2 is 2.00 bits per heavy atom. The molecule has 1 heterocycles. The summed E-state index contributed by atoms with van der Waals surface area (Å²) in [5.74, 6) is -0.258. The van der Waals surface area contributed by atoms with Crippen LogP contribution >= 0.6 is 23.4 Å². The van der Waals surface area contributed by atoms with Crippen LogP contribution in [0.15, 0.2) is 29.4 Å². The lowest BCUT2D eigenvalue weighted by Gasteiger charge is -2.28. The molecular formula is C16H19ClN6OS. The van der Waals surface area contributed by atoms with Crippen molar-refractivity contribution in [3.05, 3.63) is 29.3 Å². The predicted molar refractivity (Wildman–Crippen MR) is 96.5 cm³/mol. The SMILES string of the molecule is CC(C)[C@@](C)(C#N)NC(=O)[C@H](C)Sc1nnnn1-c1ccc(Cl)cc1. The normalized spacial score (nSPS) is 14.6. The summed E-state index contributed by atoms with van der Waals surface area (Å²) in [5, 5.41) is 24.4. The maximum atomic E-state index is 12.5. The molecule has 0 spiro atoms. The molecule has 0 radical (unpaired) electrons. The van der Waals surface area contributed by atoms with Crippen LogP contribution in [0.5, 0.6) is 0 Å². The van der Waals surface area contributed by atoms with E-state index in [1.807, 2.05) is 13.8 Å². The predicted octanol–water partition coefficient (Wildman–Crippen LogP) is 2.85. The van der Waals surface area contributed by atoms with E-state index in [-0.39, 0.29) is 11.8 Å². The van der Waals surface area contributed by atoms with Gasteiger partial charge in [0.25, 0.3) is 0 Å². The monoisotopic (exact) mass is 378 g/mol. The molecule has 0 aliphatic rings. The summed E-state index contributed by atoms with van der Waals surface area (Å²) in [5.41, 5.74) is -0.179. The summed E-state index contributed by atoms with van der Waals surface area (Å²) in [6, 6.07) is 9.23. The first-order valence-electron chi connectivity index (χ1n) is 7.71. The van der Waals surface area contributed by atoms with Gasteiger partial charge in [0.2, 0.25) is 11.1 Å². The number of benzene rings is 1. The Morgan fingerprint density at radius 3 is 2.56 bits per heavy atom. The molecule has 25 heavy (non-hydrogen) atoms. The highest BCUT2D eigenvalue weighted by molar-refractivity contribution is 8.00.